The smallest absolute Gasteiger partial charge is 0.0233 e. The highest BCUT2D eigenvalue weighted by molar-refractivity contribution is 5.22. The summed E-state index contributed by atoms with van der Waals surface area (Å²) in [5.41, 5.74) is 2.85. The molecule has 118 valence electrons. The van der Waals surface area contributed by atoms with E-state index in [1.165, 1.54) is 49.7 Å². The second kappa shape index (κ2) is 9.22. The van der Waals surface area contributed by atoms with Gasteiger partial charge in [0.1, 0.15) is 0 Å². The highest BCUT2D eigenvalue weighted by atomic mass is 15.1. The fraction of sp³-hybridized carbons (Fsp3) is 0.684. The summed E-state index contributed by atoms with van der Waals surface area (Å²) in [6, 6.07) is 9.92. The van der Waals surface area contributed by atoms with E-state index in [-0.39, 0.29) is 0 Å². The molecule has 2 rings (SSSR count). The number of hydrogen-bond acceptors (Lipinski definition) is 2. The zero-order valence-corrected chi connectivity index (χ0v) is 13.9. The predicted molar refractivity (Wildman–Crippen MR) is 91.4 cm³/mol. The van der Waals surface area contributed by atoms with E-state index in [0.29, 0.717) is 0 Å². The Kier molecular flexibility index (Phi) is 7.25. The van der Waals surface area contributed by atoms with Crippen LogP contribution >= 0.6 is 0 Å². The Hall–Kier alpha value is -0.860. The van der Waals surface area contributed by atoms with E-state index in [9.17, 15) is 0 Å². The first-order valence-electron chi connectivity index (χ1n) is 8.85. The van der Waals surface area contributed by atoms with Crippen LogP contribution in [-0.2, 0) is 13.1 Å². The second-order valence-electron chi connectivity index (χ2n) is 6.35. The van der Waals surface area contributed by atoms with Gasteiger partial charge in [0.2, 0.25) is 0 Å². The lowest BCUT2D eigenvalue weighted by Gasteiger charge is -2.19. The zero-order valence-electron chi connectivity index (χ0n) is 13.9. The highest BCUT2D eigenvalue weighted by Crippen LogP contribution is 2.17. The van der Waals surface area contributed by atoms with E-state index < -0.39 is 0 Å². The first kappa shape index (κ1) is 16.5. The molecule has 21 heavy (non-hydrogen) atoms. The molecule has 1 aromatic rings. The molecule has 1 aliphatic rings. The van der Waals surface area contributed by atoms with Crippen molar-refractivity contribution in [2.75, 3.05) is 13.1 Å². The van der Waals surface area contributed by atoms with Gasteiger partial charge in [-0.15, -0.1) is 0 Å². The molecule has 2 heteroatoms. The fourth-order valence-electron chi connectivity index (χ4n) is 3.21. The lowest BCUT2D eigenvalue weighted by molar-refractivity contribution is 0.296. The minimum Gasteiger partial charge on any atom is -0.310 e. The molecule has 0 aromatic heterocycles. The maximum absolute atomic E-state index is 3.75. The van der Waals surface area contributed by atoms with Crippen molar-refractivity contribution in [2.45, 2.75) is 71.5 Å². The average molecular weight is 288 g/mol. The van der Waals surface area contributed by atoms with Crippen LogP contribution in [0.1, 0.15) is 63.5 Å². The molecule has 1 N–H and O–H groups in total. The standard InChI is InChI=1S/C19H32N2/c1-3-21(4-2)16-18-13-11-17(12-14-18)15-20-19-9-7-5-6-8-10-19/h11-14,19-20H,3-10,15-16H2,1-2H3. The summed E-state index contributed by atoms with van der Waals surface area (Å²) in [5, 5.41) is 3.75. The summed E-state index contributed by atoms with van der Waals surface area (Å²) in [6.45, 7) is 8.81. The molecule has 0 radical (unpaired) electrons. The molecule has 1 aliphatic carbocycles. The minimum absolute atomic E-state index is 0.739. The maximum Gasteiger partial charge on any atom is 0.0233 e. The van der Waals surface area contributed by atoms with Gasteiger partial charge in [0, 0.05) is 19.1 Å². The summed E-state index contributed by atoms with van der Waals surface area (Å²) < 4.78 is 0. The third-order valence-corrected chi connectivity index (χ3v) is 4.77. The van der Waals surface area contributed by atoms with Crippen LogP contribution in [0.2, 0.25) is 0 Å². The van der Waals surface area contributed by atoms with Gasteiger partial charge in [0.15, 0.2) is 0 Å². The Morgan fingerprint density at radius 2 is 1.48 bits per heavy atom. The molecule has 0 amide bonds. The van der Waals surface area contributed by atoms with Crippen LogP contribution < -0.4 is 5.32 Å². The van der Waals surface area contributed by atoms with Crippen LogP contribution in [0.3, 0.4) is 0 Å². The minimum atomic E-state index is 0.739. The third-order valence-electron chi connectivity index (χ3n) is 4.77. The van der Waals surface area contributed by atoms with Crippen LogP contribution in [0.4, 0.5) is 0 Å². The molecule has 2 nitrogen and oxygen atoms in total. The predicted octanol–water partition coefficient (Wildman–Crippen LogP) is 4.34. The summed E-state index contributed by atoms with van der Waals surface area (Å²) in [7, 11) is 0. The quantitative estimate of drug-likeness (QED) is 0.751. The first-order valence-corrected chi connectivity index (χ1v) is 8.85. The summed E-state index contributed by atoms with van der Waals surface area (Å²) in [4.78, 5) is 2.46. The molecule has 0 saturated heterocycles. The van der Waals surface area contributed by atoms with Crippen molar-refractivity contribution >= 4 is 0 Å². The molecular formula is C19H32N2. The number of nitrogens with zero attached hydrogens (tertiary/aromatic N) is 1. The molecular weight excluding hydrogens is 256 g/mol. The molecule has 0 aliphatic heterocycles. The third kappa shape index (κ3) is 5.80. The molecule has 0 heterocycles. The first-order chi connectivity index (χ1) is 10.3. The summed E-state index contributed by atoms with van der Waals surface area (Å²) >= 11 is 0. The Labute approximate surface area is 130 Å². The van der Waals surface area contributed by atoms with E-state index in [1.54, 1.807) is 0 Å². The number of benzene rings is 1. The summed E-state index contributed by atoms with van der Waals surface area (Å²) in [5.74, 6) is 0. The zero-order chi connectivity index (χ0) is 14.9. The number of nitrogens with one attached hydrogen (secondary N) is 1. The highest BCUT2D eigenvalue weighted by Gasteiger charge is 2.11. The van der Waals surface area contributed by atoms with Crippen molar-refractivity contribution in [3.8, 4) is 0 Å². The average Bonchev–Trinajstić information content (AvgIpc) is 2.80. The molecule has 0 bridgehead atoms. The second-order valence-corrected chi connectivity index (χ2v) is 6.35. The van der Waals surface area contributed by atoms with Gasteiger partial charge in [-0.25, -0.2) is 0 Å². The Morgan fingerprint density at radius 3 is 2.05 bits per heavy atom. The van der Waals surface area contributed by atoms with Crippen LogP contribution in [0, 0.1) is 0 Å². The van der Waals surface area contributed by atoms with Crippen LogP contribution in [-0.4, -0.2) is 24.0 Å². The lowest BCUT2D eigenvalue weighted by atomic mass is 10.1. The van der Waals surface area contributed by atoms with Crippen LogP contribution in [0.15, 0.2) is 24.3 Å². The van der Waals surface area contributed by atoms with Gasteiger partial charge in [0.05, 0.1) is 0 Å². The molecule has 1 fully saturated rings. The molecule has 0 unspecified atom stereocenters. The van der Waals surface area contributed by atoms with Crippen LogP contribution in [0.5, 0.6) is 0 Å². The van der Waals surface area contributed by atoms with E-state index in [4.69, 9.17) is 0 Å². The Balaban J connectivity index is 1.78. The van der Waals surface area contributed by atoms with Crippen LogP contribution in [0.25, 0.3) is 0 Å². The van der Waals surface area contributed by atoms with E-state index in [1.807, 2.05) is 0 Å². The molecule has 0 atom stereocenters. The van der Waals surface area contributed by atoms with Crippen molar-refractivity contribution in [1.29, 1.82) is 0 Å². The van der Waals surface area contributed by atoms with E-state index in [0.717, 1.165) is 32.2 Å². The topological polar surface area (TPSA) is 15.3 Å². The Bertz CT molecular complexity index is 373. The van der Waals surface area contributed by atoms with Crippen molar-refractivity contribution in [3.05, 3.63) is 35.4 Å². The van der Waals surface area contributed by atoms with Crippen molar-refractivity contribution in [1.82, 2.24) is 10.2 Å². The molecule has 0 spiro atoms. The largest absolute Gasteiger partial charge is 0.310 e. The molecule has 1 aromatic carbocycles. The van der Waals surface area contributed by atoms with Gasteiger partial charge in [-0.05, 0) is 37.1 Å². The lowest BCUT2D eigenvalue weighted by Crippen LogP contribution is -2.27. The van der Waals surface area contributed by atoms with Gasteiger partial charge >= 0.3 is 0 Å². The number of hydrogen-bond donors (Lipinski definition) is 1. The SMILES string of the molecule is CCN(CC)Cc1ccc(CNC2CCCCCC2)cc1. The van der Waals surface area contributed by atoms with Gasteiger partial charge < -0.3 is 5.32 Å². The summed E-state index contributed by atoms with van der Waals surface area (Å²) in [6.07, 6.45) is 8.39. The number of rotatable bonds is 7. The van der Waals surface area contributed by atoms with Crippen molar-refractivity contribution < 1.29 is 0 Å². The van der Waals surface area contributed by atoms with Gasteiger partial charge in [-0.2, -0.15) is 0 Å². The Morgan fingerprint density at radius 1 is 0.905 bits per heavy atom. The monoisotopic (exact) mass is 288 g/mol. The normalized spacial score (nSPS) is 17.1. The van der Waals surface area contributed by atoms with Gasteiger partial charge in [-0.3, -0.25) is 4.90 Å². The van der Waals surface area contributed by atoms with Crippen molar-refractivity contribution in [2.24, 2.45) is 0 Å². The van der Waals surface area contributed by atoms with Crippen molar-refractivity contribution in [3.63, 3.8) is 0 Å². The molecule has 1 saturated carbocycles. The fourth-order valence-corrected chi connectivity index (χ4v) is 3.21. The van der Waals surface area contributed by atoms with Gasteiger partial charge in [-0.1, -0.05) is 63.8 Å². The van der Waals surface area contributed by atoms with E-state index in [2.05, 4.69) is 48.3 Å². The van der Waals surface area contributed by atoms with Gasteiger partial charge in [0.25, 0.3) is 0 Å². The maximum atomic E-state index is 3.75. The van der Waals surface area contributed by atoms with E-state index >= 15 is 0 Å².